The summed E-state index contributed by atoms with van der Waals surface area (Å²) in [5.41, 5.74) is 1.82. The van der Waals surface area contributed by atoms with Crippen molar-refractivity contribution in [1.29, 1.82) is 5.26 Å². The molecule has 0 spiro atoms. The molecule has 39 heavy (non-hydrogen) atoms. The van der Waals surface area contributed by atoms with Crippen LogP contribution < -0.4 is 15.4 Å². The fourth-order valence-corrected chi connectivity index (χ4v) is 6.17. The normalized spacial score (nSPS) is 16.9. The fraction of sp³-hybridized carbons (Fsp3) is 0.286. The second kappa shape index (κ2) is 11.1. The quantitative estimate of drug-likeness (QED) is 0.320. The molecule has 2 fully saturated rings. The Hall–Kier alpha value is -3.88. The Bertz CT molecular complexity index is 1550. The number of piperazine rings is 1. The van der Waals surface area contributed by atoms with Crippen LogP contribution in [0.3, 0.4) is 0 Å². The lowest BCUT2D eigenvalue weighted by Gasteiger charge is -2.39. The Kier molecular flexibility index (Phi) is 7.59. The number of hydrogen-bond acceptors (Lipinski definition) is 8. The summed E-state index contributed by atoms with van der Waals surface area (Å²) in [5, 5.41) is 9.82. The summed E-state index contributed by atoms with van der Waals surface area (Å²) in [6.07, 6.45) is 3.30. The first-order valence-electron chi connectivity index (χ1n) is 12.5. The van der Waals surface area contributed by atoms with E-state index in [1.165, 1.54) is 28.8 Å². The first-order valence-corrected chi connectivity index (χ1v) is 13.8. The molecule has 200 valence electrons. The van der Waals surface area contributed by atoms with Crippen LogP contribution in [0.2, 0.25) is 0 Å². The summed E-state index contributed by atoms with van der Waals surface area (Å²) in [4.78, 5) is 32.9. The van der Waals surface area contributed by atoms with Gasteiger partial charge < -0.3 is 14.2 Å². The highest BCUT2D eigenvalue weighted by molar-refractivity contribution is 8.26. The van der Waals surface area contributed by atoms with E-state index < -0.39 is 0 Å². The molecule has 5 rings (SSSR count). The van der Waals surface area contributed by atoms with Crippen molar-refractivity contribution < 1.29 is 13.6 Å². The van der Waals surface area contributed by atoms with Gasteiger partial charge >= 0.3 is 0 Å². The molecule has 0 aliphatic carbocycles. The van der Waals surface area contributed by atoms with Gasteiger partial charge in [-0.1, -0.05) is 24.0 Å². The van der Waals surface area contributed by atoms with Crippen LogP contribution in [-0.4, -0.2) is 45.9 Å². The Morgan fingerprint density at radius 3 is 2.44 bits per heavy atom. The highest BCUT2D eigenvalue weighted by atomic mass is 32.2. The number of amides is 1. The average molecular weight is 564 g/mol. The van der Waals surface area contributed by atoms with Crippen LogP contribution >= 0.6 is 24.0 Å². The smallest absolute Gasteiger partial charge is 0.270 e. The maximum atomic E-state index is 13.4. The lowest BCUT2D eigenvalue weighted by atomic mass is 10.0. The summed E-state index contributed by atoms with van der Waals surface area (Å²) >= 11 is 6.69. The molecular formula is C28H26FN5O3S2. The monoisotopic (exact) mass is 563 g/mol. The largest absolute Gasteiger partial charge is 0.467 e. The Morgan fingerprint density at radius 1 is 1.13 bits per heavy atom. The Morgan fingerprint density at radius 2 is 1.82 bits per heavy atom. The molecule has 0 unspecified atom stereocenters. The topological polar surface area (TPSA) is 85.7 Å². The van der Waals surface area contributed by atoms with Crippen molar-refractivity contribution in [1.82, 2.24) is 9.47 Å². The number of aromatic nitrogens is 1. The van der Waals surface area contributed by atoms with Gasteiger partial charge in [-0.15, -0.1) is 0 Å². The number of hydrogen-bond donors (Lipinski definition) is 0. The van der Waals surface area contributed by atoms with E-state index in [1.54, 1.807) is 48.1 Å². The zero-order valence-corrected chi connectivity index (χ0v) is 23.1. The van der Waals surface area contributed by atoms with Crippen molar-refractivity contribution in [2.45, 2.75) is 26.9 Å². The minimum absolute atomic E-state index is 0.0582. The number of furan rings is 1. The van der Waals surface area contributed by atoms with Gasteiger partial charge in [0.15, 0.2) is 0 Å². The van der Waals surface area contributed by atoms with Crippen molar-refractivity contribution in [3.63, 3.8) is 0 Å². The van der Waals surface area contributed by atoms with Crippen molar-refractivity contribution in [3.8, 4) is 6.07 Å². The summed E-state index contributed by atoms with van der Waals surface area (Å²) < 4.78 is 20.8. The van der Waals surface area contributed by atoms with Gasteiger partial charge in [0.05, 0.1) is 17.7 Å². The number of carbonyl (C=O) groups excluding carboxylic acids is 1. The molecule has 0 saturated carbocycles. The van der Waals surface area contributed by atoms with Crippen LogP contribution in [0.1, 0.15) is 29.4 Å². The maximum absolute atomic E-state index is 13.4. The zero-order chi connectivity index (χ0) is 27.7. The number of thioether (sulfide) groups is 1. The van der Waals surface area contributed by atoms with E-state index in [0.29, 0.717) is 64.7 Å². The van der Waals surface area contributed by atoms with E-state index in [9.17, 15) is 19.2 Å². The van der Waals surface area contributed by atoms with Crippen LogP contribution in [0, 0.1) is 24.1 Å². The second-order valence-electron chi connectivity index (χ2n) is 9.20. The molecule has 8 nitrogen and oxygen atoms in total. The van der Waals surface area contributed by atoms with Gasteiger partial charge in [-0.3, -0.25) is 19.1 Å². The van der Waals surface area contributed by atoms with Gasteiger partial charge in [0.1, 0.15) is 33.3 Å². The van der Waals surface area contributed by atoms with Gasteiger partial charge in [-0.25, -0.2) is 4.39 Å². The number of nitrogens with zero attached hydrogens (tertiary/aromatic N) is 5. The maximum Gasteiger partial charge on any atom is 0.270 e. The van der Waals surface area contributed by atoms with Crippen LogP contribution in [0.5, 0.6) is 0 Å². The lowest BCUT2D eigenvalue weighted by Crippen LogP contribution is -2.48. The van der Waals surface area contributed by atoms with Crippen LogP contribution in [0.4, 0.5) is 15.9 Å². The summed E-state index contributed by atoms with van der Waals surface area (Å²) in [5.74, 6) is 0.765. The third kappa shape index (κ3) is 5.10. The van der Waals surface area contributed by atoms with E-state index in [2.05, 4.69) is 15.9 Å². The van der Waals surface area contributed by atoms with Gasteiger partial charge in [0.2, 0.25) is 0 Å². The number of anilines is 2. The third-order valence-electron chi connectivity index (χ3n) is 6.98. The van der Waals surface area contributed by atoms with E-state index in [1.807, 2.05) is 6.92 Å². The van der Waals surface area contributed by atoms with E-state index in [4.69, 9.17) is 16.6 Å². The zero-order valence-electron chi connectivity index (χ0n) is 21.5. The van der Waals surface area contributed by atoms with Gasteiger partial charge in [0, 0.05) is 44.0 Å². The average Bonchev–Trinajstić information content (AvgIpc) is 3.55. The molecule has 2 aromatic heterocycles. The number of thiocarbonyl (C=S) groups is 1. The number of nitriles is 1. The third-order valence-corrected chi connectivity index (χ3v) is 8.35. The minimum Gasteiger partial charge on any atom is -0.467 e. The first kappa shape index (κ1) is 26.7. The first-order chi connectivity index (χ1) is 18.8. The molecule has 1 amide bonds. The molecular weight excluding hydrogens is 537 g/mol. The minimum atomic E-state index is -0.351. The van der Waals surface area contributed by atoms with E-state index in [0.717, 1.165) is 5.69 Å². The molecule has 2 saturated heterocycles. The van der Waals surface area contributed by atoms with Crippen molar-refractivity contribution in [3.05, 3.63) is 86.2 Å². The summed E-state index contributed by atoms with van der Waals surface area (Å²) in [7, 11) is 0. The van der Waals surface area contributed by atoms with Crippen molar-refractivity contribution >= 4 is 51.8 Å². The molecule has 2 aliphatic rings. The molecule has 3 aromatic rings. The number of pyridine rings is 1. The molecule has 0 atom stereocenters. The fourth-order valence-electron chi connectivity index (χ4n) is 4.93. The number of halogens is 1. The summed E-state index contributed by atoms with van der Waals surface area (Å²) in [6, 6.07) is 12.0. The molecule has 1 aromatic carbocycles. The van der Waals surface area contributed by atoms with Crippen molar-refractivity contribution in [2.24, 2.45) is 0 Å². The SMILES string of the molecule is CCn1c(N2CCN(c3ccc(F)cc3)CC2)c(C=C2SC(=S)N(Cc3ccco3)C2=O)c(C)c(C#N)c1=O. The van der Waals surface area contributed by atoms with Crippen LogP contribution in [-0.2, 0) is 17.9 Å². The molecule has 4 heterocycles. The van der Waals surface area contributed by atoms with Crippen LogP contribution in [0.25, 0.3) is 6.08 Å². The van der Waals surface area contributed by atoms with Crippen LogP contribution in [0.15, 0.2) is 56.8 Å². The van der Waals surface area contributed by atoms with Crippen molar-refractivity contribution in [2.75, 3.05) is 36.0 Å². The number of rotatable bonds is 6. The van der Waals surface area contributed by atoms with Gasteiger partial charge in [0.25, 0.3) is 11.5 Å². The van der Waals surface area contributed by atoms with E-state index in [-0.39, 0.29) is 29.4 Å². The second-order valence-corrected chi connectivity index (χ2v) is 10.9. The highest BCUT2D eigenvalue weighted by Crippen LogP contribution is 2.37. The van der Waals surface area contributed by atoms with Gasteiger partial charge in [-0.05, 0) is 61.9 Å². The Labute approximate surface area is 234 Å². The van der Waals surface area contributed by atoms with Gasteiger partial charge in [-0.2, -0.15) is 5.26 Å². The number of benzene rings is 1. The lowest BCUT2D eigenvalue weighted by molar-refractivity contribution is -0.122. The molecule has 2 aliphatic heterocycles. The predicted octanol–water partition coefficient (Wildman–Crippen LogP) is 4.51. The predicted molar refractivity (Wildman–Crippen MR) is 154 cm³/mol. The Balaban J connectivity index is 1.52. The van der Waals surface area contributed by atoms with E-state index >= 15 is 0 Å². The molecule has 0 radical (unpaired) electrons. The molecule has 0 N–H and O–H groups in total. The summed E-state index contributed by atoms with van der Waals surface area (Å²) in [6.45, 7) is 6.72. The standard InChI is InChI=1S/C28H26FN5O3S2/c1-3-33-25(32-12-10-31(11-13-32)20-8-6-19(29)7-9-20)22(18(2)23(16-30)26(33)35)15-24-27(36)34(28(38)39-24)17-21-5-4-14-37-21/h4-9,14-15H,3,10-13,17H2,1-2H3. The number of carbonyl (C=O) groups is 1. The molecule has 11 heteroatoms. The highest BCUT2D eigenvalue weighted by Gasteiger charge is 2.34. The molecule has 0 bridgehead atoms.